The predicted octanol–water partition coefficient (Wildman–Crippen LogP) is 4.59. The number of ether oxygens (including phenoxy) is 1. The fraction of sp³-hybridized carbons (Fsp3) is 0.588. The Morgan fingerprint density at radius 2 is 2.10 bits per heavy atom. The third-order valence-electron chi connectivity index (χ3n) is 4.16. The number of halogens is 1. The molecule has 2 rings (SSSR count). The summed E-state index contributed by atoms with van der Waals surface area (Å²) in [5.41, 5.74) is 1.27. The summed E-state index contributed by atoms with van der Waals surface area (Å²) in [6, 6.07) is 4.05. The number of hydrogen-bond donors (Lipinski definition) is 1. The number of hydrogen-bond acceptors (Lipinski definition) is 2. The van der Waals surface area contributed by atoms with Crippen molar-refractivity contribution >= 4 is 21.9 Å². The van der Waals surface area contributed by atoms with Crippen LogP contribution in [0.1, 0.15) is 44.2 Å². The van der Waals surface area contributed by atoms with Gasteiger partial charge in [0.1, 0.15) is 5.75 Å². The second-order valence-corrected chi connectivity index (χ2v) is 7.56. The molecule has 1 aromatic rings. The number of benzene rings is 1. The molecule has 1 aliphatic carbocycles. The van der Waals surface area contributed by atoms with Crippen molar-refractivity contribution in [1.82, 2.24) is 0 Å². The molecular weight excluding hydrogens is 332 g/mol. The summed E-state index contributed by atoms with van der Waals surface area (Å²) in [6.45, 7) is 6.24. The highest BCUT2D eigenvalue weighted by molar-refractivity contribution is 9.10. The van der Waals surface area contributed by atoms with Gasteiger partial charge in [0, 0.05) is 0 Å². The van der Waals surface area contributed by atoms with Crippen LogP contribution < -0.4 is 4.74 Å². The average molecular weight is 355 g/mol. The van der Waals surface area contributed by atoms with Gasteiger partial charge in [-0.05, 0) is 79.1 Å². The van der Waals surface area contributed by atoms with E-state index < -0.39 is 11.4 Å². The molecule has 1 saturated carbocycles. The summed E-state index contributed by atoms with van der Waals surface area (Å²) in [5.74, 6) is 0.672. The maximum Gasteiger partial charge on any atom is 0.309 e. The first-order chi connectivity index (χ1) is 9.79. The molecule has 0 spiro atoms. The SMILES string of the molecule is Cc1cc(Br)c(OCC2CCC2)c(CC(C)(C)C(=O)O)c1. The van der Waals surface area contributed by atoms with Crippen molar-refractivity contribution < 1.29 is 14.6 Å². The first kappa shape index (κ1) is 16.3. The molecule has 3 nitrogen and oxygen atoms in total. The van der Waals surface area contributed by atoms with Gasteiger partial charge < -0.3 is 9.84 Å². The van der Waals surface area contributed by atoms with Crippen LogP contribution in [-0.4, -0.2) is 17.7 Å². The van der Waals surface area contributed by atoms with E-state index in [-0.39, 0.29) is 0 Å². The maximum absolute atomic E-state index is 11.4. The second-order valence-electron chi connectivity index (χ2n) is 6.71. The van der Waals surface area contributed by atoms with Gasteiger partial charge in [0.2, 0.25) is 0 Å². The average Bonchev–Trinajstić information content (AvgIpc) is 2.29. The zero-order chi connectivity index (χ0) is 15.6. The smallest absolute Gasteiger partial charge is 0.309 e. The topological polar surface area (TPSA) is 46.5 Å². The Labute approximate surface area is 134 Å². The largest absolute Gasteiger partial charge is 0.492 e. The predicted molar refractivity (Wildman–Crippen MR) is 86.8 cm³/mol. The second kappa shape index (κ2) is 6.39. The third-order valence-corrected chi connectivity index (χ3v) is 4.75. The highest BCUT2D eigenvalue weighted by atomic mass is 79.9. The molecule has 4 heteroatoms. The summed E-state index contributed by atoms with van der Waals surface area (Å²) in [4.78, 5) is 11.4. The Balaban J connectivity index is 2.22. The van der Waals surface area contributed by atoms with Crippen LogP contribution in [0.25, 0.3) is 0 Å². The number of carboxylic acid groups (broad SMARTS) is 1. The van der Waals surface area contributed by atoms with Crippen LogP contribution in [0.15, 0.2) is 16.6 Å². The van der Waals surface area contributed by atoms with E-state index >= 15 is 0 Å². The first-order valence-electron chi connectivity index (χ1n) is 7.45. The molecule has 0 radical (unpaired) electrons. The van der Waals surface area contributed by atoms with E-state index in [0.29, 0.717) is 12.3 Å². The van der Waals surface area contributed by atoms with Crippen molar-refractivity contribution in [1.29, 1.82) is 0 Å². The molecule has 1 N–H and O–H groups in total. The molecule has 1 aliphatic rings. The van der Waals surface area contributed by atoms with Crippen molar-refractivity contribution in [3.05, 3.63) is 27.7 Å². The van der Waals surface area contributed by atoms with Gasteiger partial charge in [0.05, 0.1) is 16.5 Å². The molecule has 0 atom stereocenters. The van der Waals surface area contributed by atoms with E-state index in [1.807, 2.05) is 19.1 Å². The zero-order valence-electron chi connectivity index (χ0n) is 12.9. The third kappa shape index (κ3) is 4.00. The van der Waals surface area contributed by atoms with E-state index in [1.165, 1.54) is 19.3 Å². The Hall–Kier alpha value is -1.03. The van der Waals surface area contributed by atoms with Crippen LogP contribution >= 0.6 is 15.9 Å². The van der Waals surface area contributed by atoms with E-state index in [0.717, 1.165) is 28.0 Å². The van der Waals surface area contributed by atoms with Crippen LogP contribution in [0.3, 0.4) is 0 Å². The summed E-state index contributed by atoms with van der Waals surface area (Å²) < 4.78 is 6.93. The standard InChI is InChI=1S/C17H23BrO3/c1-11-7-13(9-17(2,3)16(19)20)15(14(18)8-11)21-10-12-5-4-6-12/h7-8,12H,4-6,9-10H2,1-3H3,(H,19,20). The summed E-state index contributed by atoms with van der Waals surface area (Å²) in [7, 11) is 0. The van der Waals surface area contributed by atoms with Gasteiger partial charge in [-0.1, -0.05) is 12.5 Å². The number of aliphatic carboxylic acids is 1. The summed E-state index contributed by atoms with van der Waals surface area (Å²) in [5, 5.41) is 9.34. The van der Waals surface area contributed by atoms with Crippen LogP contribution in [-0.2, 0) is 11.2 Å². The van der Waals surface area contributed by atoms with E-state index in [2.05, 4.69) is 15.9 Å². The van der Waals surface area contributed by atoms with Crippen LogP contribution in [0.4, 0.5) is 0 Å². The molecule has 116 valence electrons. The fourth-order valence-corrected chi connectivity index (χ4v) is 3.24. The van der Waals surface area contributed by atoms with Crippen molar-refractivity contribution in [3.8, 4) is 5.75 Å². The van der Waals surface area contributed by atoms with Crippen LogP contribution in [0.2, 0.25) is 0 Å². The van der Waals surface area contributed by atoms with Crippen molar-refractivity contribution in [2.45, 2.75) is 46.5 Å². The fourth-order valence-electron chi connectivity index (χ4n) is 2.51. The van der Waals surface area contributed by atoms with Gasteiger partial charge in [-0.15, -0.1) is 0 Å². The highest BCUT2D eigenvalue weighted by Crippen LogP contribution is 2.36. The minimum absolute atomic E-state index is 0.461. The number of carbonyl (C=O) groups is 1. The molecule has 0 aromatic heterocycles. The number of rotatable bonds is 6. The Morgan fingerprint density at radius 3 is 2.62 bits per heavy atom. The normalized spacial score (nSPS) is 15.6. The molecule has 1 aromatic carbocycles. The molecule has 0 heterocycles. The molecule has 0 unspecified atom stereocenters. The monoisotopic (exact) mass is 354 g/mol. The lowest BCUT2D eigenvalue weighted by atomic mass is 9.85. The highest BCUT2D eigenvalue weighted by Gasteiger charge is 2.29. The quantitative estimate of drug-likeness (QED) is 0.812. The van der Waals surface area contributed by atoms with Crippen LogP contribution in [0.5, 0.6) is 5.75 Å². The molecular formula is C17H23BrO3. The van der Waals surface area contributed by atoms with Crippen LogP contribution in [0, 0.1) is 18.3 Å². The lowest BCUT2D eigenvalue weighted by molar-refractivity contribution is -0.146. The summed E-state index contributed by atoms with van der Waals surface area (Å²) in [6.07, 6.45) is 4.23. The van der Waals surface area contributed by atoms with Gasteiger partial charge in [0.15, 0.2) is 0 Å². The Kier molecular flexibility index (Phi) is 4.97. The van der Waals surface area contributed by atoms with Gasteiger partial charge >= 0.3 is 5.97 Å². The molecule has 1 fully saturated rings. The zero-order valence-corrected chi connectivity index (χ0v) is 14.5. The maximum atomic E-state index is 11.4. The lowest BCUT2D eigenvalue weighted by Gasteiger charge is -2.27. The van der Waals surface area contributed by atoms with E-state index in [9.17, 15) is 9.90 Å². The molecule has 0 bridgehead atoms. The summed E-state index contributed by atoms with van der Waals surface area (Å²) >= 11 is 3.56. The Morgan fingerprint density at radius 1 is 1.43 bits per heavy atom. The van der Waals surface area contributed by atoms with Gasteiger partial charge in [0.25, 0.3) is 0 Å². The Bertz CT molecular complexity index is 533. The van der Waals surface area contributed by atoms with E-state index in [1.54, 1.807) is 13.8 Å². The van der Waals surface area contributed by atoms with Gasteiger partial charge in [-0.3, -0.25) is 4.79 Å². The molecule has 0 saturated heterocycles. The minimum Gasteiger partial charge on any atom is -0.492 e. The van der Waals surface area contributed by atoms with Gasteiger partial charge in [-0.25, -0.2) is 0 Å². The number of aryl methyl sites for hydroxylation is 1. The molecule has 21 heavy (non-hydrogen) atoms. The van der Waals surface area contributed by atoms with Crippen molar-refractivity contribution in [2.75, 3.05) is 6.61 Å². The van der Waals surface area contributed by atoms with Gasteiger partial charge in [-0.2, -0.15) is 0 Å². The van der Waals surface area contributed by atoms with Crippen molar-refractivity contribution in [2.24, 2.45) is 11.3 Å². The van der Waals surface area contributed by atoms with E-state index in [4.69, 9.17) is 4.74 Å². The molecule has 0 amide bonds. The van der Waals surface area contributed by atoms with Crippen molar-refractivity contribution in [3.63, 3.8) is 0 Å². The lowest BCUT2D eigenvalue weighted by Crippen LogP contribution is -2.27. The first-order valence-corrected chi connectivity index (χ1v) is 8.24. The molecule has 0 aliphatic heterocycles. The minimum atomic E-state index is -0.804. The number of carboxylic acids is 1.